The molecule has 0 saturated carbocycles. The monoisotopic (exact) mass is 443 g/mol. The van der Waals surface area contributed by atoms with E-state index in [0.717, 1.165) is 25.2 Å². The minimum absolute atomic E-state index is 0.195. The summed E-state index contributed by atoms with van der Waals surface area (Å²) in [5.74, 6) is -0.222. The molecule has 0 unspecified atom stereocenters. The molecule has 7 nitrogen and oxygen atoms in total. The van der Waals surface area contributed by atoms with Gasteiger partial charge in [0.2, 0.25) is 10.0 Å². The highest BCUT2D eigenvalue weighted by Gasteiger charge is 2.26. The number of carbonyl (C=O) groups excluding carboxylic acids is 1. The number of amides is 1. The molecular weight excluding hydrogens is 414 g/mol. The molecule has 2 aromatic rings. The lowest BCUT2D eigenvalue weighted by atomic mass is 10.1. The highest BCUT2D eigenvalue weighted by Crippen LogP contribution is 2.18. The second kappa shape index (κ2) is 9.91. The molecule has 2 aromatic carbocycles. The third-order valence-corrected chi connectivity index (χ3v) is 7.69. The largest absolute Gasteiger partial charge is 0.379 e. The van der Waals surface area contributed by atoms with Gasteiger partial charge in [0.15, 0.2) is 0 Å². The van der Waals surface area contributed by atoms with Gasteiger partial charge in [0, 0.05) is 31.7 Å². The molecule has 2 saturated heterocycles. The lowest BCUT2D eigenvalue weighted by Gasteiger charge is -2.26. The summed E-state index contributed by atoms with van der Waals surface area (Å²) < 4.78 is 32.0. The molecule has 1 amide bonds. The lowest BCUT2D eigenvalue weighted by molar-refractivity contribution is 0.0730. The second-order valence-electron chi connectivity index (χ2n) is 8.03. The van der Waals surface area contributed by atoms with Crippen LogP contribution in [0.1, 0.15) is 34.3 Å². The number of nitrogens with one attached hydrogen (secondary N) is 1. The lowest BCUT2D eigenvalue weighted by Crippen LogP contribution is -2.40. The van der Waals surface area contributed by atoms with Gasteiger partial charge in [-0.15, -0.1) is 0 Å². The zero-order chi connectivity index (χ0) is 21.7. The van der Waals surface area contributed by atoms with Crippen LogP contribution < -0.4 is 5.32 Å². The summed E-state index contributed by atoms with van der Waals surface area (Å²) in [5.41, 5.74) is 2.75. The molecule has 2 fully saturated rings. The van der Waals surface area contributed by atoms with E-state index in [2.05, 4.69) is 22.3 Å². The van der Waals surface area contributed by atoms with Crippen molar-refractivity contribution in [3.63, 3.8) is 0 Å². The van der Waals surface area contributed by atoms with Gasteiger partial charge in [0.25, 0.3) is 5.91 Å². The fraction of sp³-hybridized carbons (Fsp3) is 0.435. The Kier molecular flexibility index (Phi) is 7.02. The Labute approximate surface area is 184 Å². The fourth-order valence-electron chi connectivity index (χ4n) is 4.04. The van der Waals surface area contributed by atoms with Crippen LogP contribution in [0.5, 0.6) is 0 Å². The van der Waals surface area contributed by atoms with E-state index in [0.29, 0.717) is 38.4 Å². The third-order valence-electron chi connectivity index (χ3n) is 5.77. The van der Waals surface area contributed by atoms with Crippen LogP contribution in [0.2, 0.25) is 0 Å². The van der Waals surface area contributed by atoms with Crippen molar-refractivity contribution in [1.29, 1.82) is 0 Å². The van der Waals surface area contributed by atoms with E-state index < -0.39 is 10.0 Å². The van der Waals surface area contributed by atoms with Crippen LogP contribution in [0, 0.1) is 0 Å². The minimum Gasteiger partial charge on any atom is -0.379 e. The zero-order valence-electron chi connectivity index (χ0n) is 17.6. The number of benzene rings is 2. The summed E-state index contributed by atoms with van der Waals surface area (Å²) >= 11 is 0. The van der Waals surface area contributed by atoms with Gasteiger partial charge in [-0.2, -0.15) is 4.31 Å². The SMILES string of the molecule is O=C(NCc1cccc(CN2CCCC2)c1)c1ccc(S(=O)(=O)N2CCOCC2)cc1. The highest BCUT2D eigenvalue weighted by molar-refractivity contribution is 7.89. The zero-order valence-corrected chi connectivity index (χ0v) is 18.4. The number of hydrogen-bond donors (Lipinski definition) is 1. The summed E-state index contributed by atoms with van der Waals surface area (Å²) in [6.07, 6.45) is 2.53. The Hall–Kier alpha value is -2.26. The Morgan fingerprint density at radius 1 is 0.935 bits per heavy atom. The van der Waals surface area contributed by atoms with E-state index in [-0.39, 0.29) is 10.8 Å². The van der Waals surface area contributed by atoms with Crippen molar-refractivity contribution in [1.82, 2.24) is 14.5 Å². The Morgan fingerprint density at radius 3 is 2.32 bits per heavy atom. The van der Waals surface area contributed by atoms with Gasteiger partial charge in [-0.3, -0.25) is 9.69 Å². The quantitative estimate of drug-likeness (QED) is 0.710. The Bertz CT molecular complexity index is 996. The van der Waals surface area contributed by atoms with E-state index in [1.165, 1.54) is 34.8 Å². The number of carbonyl (C=O) groups is 1. The van der Waals surface area contributed by atoms with Crippen LogP contribution in [-0.2, 0) is 27.8 Å². The first-order chi connectivity index (χ1) is 15.0. The van der Waals surface area contributed by atoms with E-state index >= 15 is 0 Å². The summed E-state index contributed by atoms with van der Waals surface area (Å²) in [6, 6.07) is 14.4. The van der Waals surface area contributed by atoms with E-state index in [9.17, 15) is 13.2 Å². The molecule has 1 N–H and O–H groups in total. The maximum Gasteiger partial charge on any atom is 0.251 e. The highest BCUT2D eigenvalue weighted by atomic mass is 32.2. The molecule has 0 atom stereocenters. The van der Waals surface area contributed by atoms with E-state index in [4.69, 9.17) is 4.74 Å². The smallest absolute Gasteiger partial charge is 0.251 e. The molecule has 0 aliphatic carbocycles. The van der Waals surface area contributed by atoms with Crippen LogP contribution in [0.4, 0.5) is 0 Å². The van der Waals surface area contributed by atoms with Crippen LogP contribution in [0.15, 0.2) is 53.4 Å². The predicted octanol–water partition coefficient (Wildman–Crippen LogP) is 2.23. The number of hydrogen-bond acceptors (Lipinski definition) is 5. The van der Waals surface area contributed by atoms with Crippen LogP contribution in [-0.4, -0.2) is 62.9 Å². The van der Waals surface area contributed by atoms with Crippen molar-refractivity contribution in [2.75, 3.05) is 39.4 Å². The van der Waals surface area contributed by atoms with Gasteiger partial charge >= 0.3 is 0 Å². The summed E-state index contributed by atoms with van der Waals surface area (Å²) in [7, 11) is -3.56. The number of sulfonamides is 1. The first-order valence-corrected chi connectivity index (χ1v) is 12.2. The normalized spacial score (nSPS) is 18.2. The van der Waals surface area contributed by atoms with Crippen molar-refractivity contribution in [2.24, 2.45) is 0 Å². The minimum atomic E-state index is -3.56. The van der Waals surface area contributed by atoms with Gasteiger partial charge in [0.1, 0.15) is 0 Å². The molecule has 0 bridgehead atoms. The van der Waals surface area contributed by atoms with Crippen LogP contribution in [0.3, 0.4) is 0 Å². The maximum atomic E-state index is 12.7. The number of likely N-dealkylation sites (tertiary alicyclic amines) is 1. The molecule has 31 heavy (non-hydrogen) atoms. The molecule has 2 heterocycles. The van der Waals surface area contributed by atoms with Crippen molar-refractivity contribution in [3.8, 4) is 0 Å². The first-order valence-electron chi connectivity index (χ1n) is 10.8. The molecule has 0 spiro atoms. The standard InChI is InChI=1S/C23H29N3O4S/c27-23(24-17-19-4-3-5-20(16-19)18-25-10-1-2-11-25)21-6-8-22(9-7-21)31(28,29)26-12-14-30-15-13-26/h3-9,16H,1-2,10-15,17-18H2,(H,24,27). The van der Waals surface area contributed by atoms with Gasteiger partial charge < -0.3 is 10.1 Å². The third kappa shape index (κ3) is 5.51. The molecule has 4 rings (SSSR count). The van der Waals surface area contributed by atoms with Crippen molar-refractivity contribution in [2.45, 2.75) is 30.8 Å². The molecule has 0 radical (unpaired) electrons. The van der Waals surface area contributed by atoms with Crippen LogP contribution in [0.25, 0.3) is 0 Å². The molecule has 8 heteroatoms. The summed E-state index contributed by atoms with van der Waals surface area (Å²) in [5, 5.41) is 2.93. The van der Waals surface area contributed by atoms with Crippen molar-refractivity contribution in [3.05, 3.63) is 65.2 Å². The topological polar surface area (TPSA) is 79.0 Å². The molecule has 2 aliphatic heterocycles. The molecule has 0 aromatic heterocycles. The Morgan fingerprint density at radius 2 is 1.61 bits per heavy atom. The summed E-state index contributed by atoms with van der Waals surface area (Å²) in [4.78, 5) is 15.2. The average molecular weight is 444 g/mol. The maximum absolute atomic E-state index is 12.7. The predicted molar refractivity (Wildman–Crippen MR) is 118 cm³/mol. The van der Waals surface area contributed by atoms with Crippen molar-refractivity contribution < 1.29 is 17.9 Å². The Balaban J connectivity index is 1.34. The number of ether oxygens (including phenoxy) is 1. The molecule has 2 aliphatic rings. The van der Waals surface area contributed by atoms with Crippen LogP contribution >= 0.6 is 0 Å². The number of morpholine rings is 1. The van der Waals surface area contributed by atoms with E-state index in [1.54, 1.807) is 12.1 Å². The van der Waals surface area contributed by atoms with Gasteiger partial charge in [0.05, 0.1) is 18.1 Å². The van der Waals surface area contributed by atoms with E-state index in [1.807, 2.05) is 12.1 Å². The average Bonchev–Trinajstić information content (AvgIpc) is 3.31. The number of nitrogens with zero attached hydrogens (tertiary/aromatic N) is 2. The first kappa shape index (κ1) is 22.0. The summed E-state index contributed by atoms with van der Waals surface area (Å²) in [6.45, 7) is 5.18. The van der Waals surface area contributed by atoms with Gasteiger partial charge in [-0.05, 0) is 61.3 Å². The van der Waals surface area contributed by atoms with Gasteiger partial charge in [-0.25, -0.2) is 8.42 Å². The molecular formula is C23H29N3O4S. The van der Waals surface area contributed by atoms with Crippen molar-refractivity contribution >= 4 is 15.9 Å². The second-order valence-corrected chi connectivity index (χ2v) is 9.96. The molecule has 166 valence electrons. The van der Waals surface area contributed by atoms with Gasteiger partial charge in [-0.1, -0.05) is 24.3 Å². The number of rotatable bonds is 7. The fourth-order valence-corrected chi connectivity index (χ4v) is 5.44.